The van der Waals surface area contributed by atoms with Gasteiger partial charge in [0.1, 0.15) is 0 Å². The predicted octanol–water partition coefficient (Wildman–Crippen LogP) is 2.44. The third-order valence-electron chi connectivity index (χ3n) is 2.57. The molecule has 0 bridgehead atoms. The van der Waals surface area contributed by atoms with Crippen molar-refractivity contribution >= 4 is 41.1 Å². The van der Waals surface area contributed by atoms with Crippen LogP contribution in [0, 0.1) is 6.92 Å². The van der Waals surface area contributed by atoms with Crippen LogP contribution in [0.4, 0.5) is 0 Å². The number of hydrogen-bond acceptors (Lipinski definition) is 2. The van der Waals surface area contributed by atoms with Crippen molar-refractivity contribution in [2.45, 2.75) is 6.92 Å². The van der Waals surface area contributed by atoms with E-state index in [2.05, 4.69) is 0 Å². The molecule has 2 aromatic carbocycles. The van der Waals surface area contributed by atoms with E-state index in [9.17, 15) is 10.2 Å². The van der Waals surface area contributed by atoms with Crippen LogP contribution in [-0.2, 0) is 0 Å². The number of halogens is 2. The molecule has 18 heavy (non-hydrogen) atoms. The van der Waals surface area contributed by atoms with Gasteiger partial charge in [-0.25, -0.2) is 0 Å². The maximum atomic E-state index is 9.41. The summed E-state index contributed by atoms with van der Waals surface area (Å²) in [6, 6.07) is 11.7. The summed E-state index contributed by atoms with van der Waals surface area (Å²) in [5.74, 6) is 0.391. The van der Waals surface area contributed by atoms with Crippen LogP contribution in [0.1, 0.15) is 5.56 Å². The molecule has 2 rings (SSSR count). The first-order chi connectivity index (χ1) is 8.41. The van der Waals surface area contributed by atoms with Crippen molar-refractivity contribution in [3.05, 3.63) is 48.0 Å². The van der Waals surface area contributed by atoms with E-state index in [4.69, 9.17) is 17.9 Å². The quantitative estimate of drug-likeness (QED) is 0.763. The topological polar surface area (TPSA) is 40.5 Å². The van der Waals surface area contributed by atoms with Gasteiger partial charge in [0.15, 0.2) is 0 Å². The second-order valence-corrected chi connectivity index (χ2v) is 16.5. The van der Waals surface area contributed by atoms with Gasteiger partial charge in [0, 0.05) is 0 Å². The zero-order valence-electron chi connectivity index (χ0n) is 9.60. The van der Waals surface area contributed by atoms with E-state index in [1.54, 1.807) is 42.5 Å². The predicted molar refractivity (Wildman–Crippen MR) is 77.7 cm³/mol. The minimum absolute atomic E-state index is 0.188. The molecule has 0 saturated heterocycles. The van der Waals surface area contributed by atoms with Crippen molar-refractivity contribution in [1.29, 1.82) is 0 Å². The Hall–Kier alpha value is -0.590. The van der Waals surface area contributed by atoms with Crippen molar-refractivity contribution in [3.8, 4) is 11.5 Å². The Morgan fingerprint density at radius 2 is 1.44 bits per heavy atom. The molecule has 0 saturated carbocycles. The molecule has 0 radical (unpaired) electrons. The second-order valence-electron chi connectivity index (χ2n) is 3.91. The number of aromatic hydroxyl groups is 2. The van der Waals surface area contributed by atoms with Crippen LogP contribution >= 0.6 is 17.9 Å². The fourth-order valence-electron chi connectivity index (χ4n) is 1.67. The molecule has 0 amide bonds. The standard InChI is InChI=1S/C13H12Cl2O2Te/c1-9-8-11(17)4-7-13(9)18(14,15)12-5-2-10(16)3-6-12/h2-8,16-17H,1H3. The fraction of sp³-hybridized carbons (Fsp3) is 0.0769. The van der Waals surface area contributed by atoms with Crippen molar-refractivity contribution in [1.82, 2.24) is 0 Å². The zero-order chi connectivity index (χ0) is 13.3. The first-order valence-electron chi connectivity index (χ1n) is 5.22. The summed E-state index contributed by atoms with van der Waals surface area (Å²) in [6.45, 7) is 1.88. The molecule has 0 aliphatic heterocycles. The molecule has 5 heteroatoms. The van der Waals surface area contributed by atoms with Gasteiger partial charge in [-0.1, -0.05) is 0 Å². The summed E-state index contributed by atoms with van der Waals surface area (Å²) in [5, 5.41) is 18.7. The van der Waals surface area contributed by atoms with Crippen molar-refractivity contribution < 1.29 is 10.2 Å². The van der Waals surface area contributed by atoms with E-state index < -0.39 is 15.9 Å². The third-order valence-corrected chi connectivity index (χ3v) is 12.5. The van der Waals surface area contributed by atoms with Crippen LogP contribution in [0.15, 0.2) is 42.5 Å². The van der Waals surface area contributed by atoms with Crippen molar-refractivity contribution in [2.24, 2.45) is 0 Å². The molecule has 0 spiro atoms. The summed E-state index contributed by atoms with van der Waals surface area (Å²) in [5.41, 5.74) is 0.884. The summed E-state index contributed by atoms with van der Waals surface area (Å²) in [7, 11) is 13.2. The monoisotopic (exact) mass is 400 g/mol. The van der Waals surface area contributed by atoms with E-state index in [1.165, 1.54) is 0 Å². The minimum atomic E-state index is -3.42. The SMILES string of the molecule is Cc1cc(O)ccc1[Te](Cl)(Cl)c1ccc(O)cc1. The number of phenolic OH excluding ortho intramolecular Hbond substituents is 2. The molecule has 0 aromatic heterocycles. The third kappa shape index (κ3) is 2.70. The van der Waals surface area contributed by atoms with Crippen LogP contribution in [0.3, 0.4) is 0 Å². The van der Waals surface area contributed by atoms with Gasteiger partial charge in [0.2, 0.25) is 0 Å². The van der Waals surface area contributed by atoms with Gasteiger partial charge in [-0.15, -0.1) is 0 Å². The normalized spacial score (nSPS) is 12.4. The van der Waals surface area contributed by atoms with Crippen LogP contribution in [-0.4, -0.2) is 26.2 Å². The average Bonchev–Trinajstić information content (AvgIpc) is 2.29. The van der Waals surface area contributed by atoms with E-state index in [-0.39, 0.29) is 11.5 Å². The molecule has 0 atom stereocenters. The van der Waals surface area contributed by atoms with Crippen LogP contribution in [0.2, 0.25) is 0 Å². The first kappa shape index (κ1) is 13.8. The van der Waals surface area contributed by atoms with Gasteiger partial charge in [0.25, 0.3) is 0 Å². The zero-order valence-corrected chi connectivity index (χ0v) is 13.4. The van der Waals surface area contributed by atoms with E-state index in [1.807, 2.05) is 6.92 Å². The Bertz CT molecular complexity index is 568. The Labute approximate surface area is 117 Å². The summed E-state index contributed by atoms with van der Waals surface area (Å²) >= 11 is -3.42. The number of aryl methyl sites for hydroxylation is 1. The molecule has 96 valence electrons. The Morgan fingerprint density at radius 1 is 0.889 bits per heavy atom. The molecule has 0 heterocycles. The summed E-state index contributed by atoms with van der Waals surface area (Å²) in [6.07, 6.45) is 0. The van der Waals surface area contributed by atoms with E-state index >= 15 is 0 Å². The van der Waals surface area contributed by atoms with Gasteiger partial charge >= 0.3 is 118 Å². The van der Waals surface area contributed by atoms with Crippen molar-refractivity contribution in [2.75, 3.05) is 0 Å². The molecule has 2 N–H and O–H groups in total. The Kier molecular flexibility index (Phi) is 3.99. The van der Waals surface area contributed by atoms with Gasteiger partial charge < -0.3 is 0 Å². The number of hydrogen-bond donors (Lipinski definition) is 2. The van der Waals surface area contributed by atoms with Gasteiger partial charge in [-0.2, -0.15) is 0 Å². The van der Waals surface area contributed by atoms with Crippen LogP contribution < -0.4 is 7.22 Å². The van der Waals surface area contributed by atoms with Gasteiger partial charge in [-0.3, -0.25) is 0 Å². The van der Waals surface area contributed by atoms with E-state index in [0.717, 1.165) is 12.8 Å². The molecule has 0 aliphatic rings. The maximum absolute atomic E-state index is 9.41. The number of phenols is 2. The summed E-state index contributed by atoms with van der Waals surface area (Å²) in [4.78, 5) is 0. The Morgan fingerprint density at radius 3 is 2.00 bits per heavy atom. The molecule has 0 fully saturated rings. The van der Waals surface area contributed by atoms with Gasteiger partial charge in [0.05, 0.1) is 0 Å². The van der Waals surface area contributed by atoms with Crippen molar-refractivity contribution in [3.63, 3.8) is 0 Å². The van der Waals surface area contributed by atoms with Crippen LogP contribution in [0.5, 0.6) is 11.5 Å². The molecular formula is C13H12Cl2O2Te. The van der Waals surface area contributed by atoms with E-state index in [0.29, 0.717) is 0 Å². The average molecular weight is 399 g/mol. The summed E-state index contributed by atoms with van der Waals surface area (Å²) < 4.78 is 1.75. The molecule has 2 nitrogen and oxygen atoms in total. The van der Waals surface area contributed by atoms with Crippen LogP contribution in [0.25, 0.3) is 0 Å². The first-order valence-corrected chi connectivity index (χ1v) is 13.5. The molecule has 0 unspecified atom stereocenters. The molecular weight excluding hydrogens is 387 g/mol. The number of rotatable bonds is 2. The second kappa shape index (κ2) is 5.19. The number of benzene rings is 2. The Balaban J connectivity index is 2.50. The molecule has 2 aromatic rings. The fourth-order valence-corrected chi connectivity index (χ4v) is 9.46. The molecule has 0 aliphatic carbocycles. The van der Waals surface area contributed by atoms with Gasteiger partial charge in [-0.05, 0) is 0 Å².